The van der Waals surface area contributed by atoms with Crippen LogP contribution in [0.4, 0.5) is 5.82 Å². The average Bonchev–Trinajstić information content (AvgIpc) is 2.48. The van der Waals surface area contributed by atoms with Gasteiger partial charge in [0.25, 0.3) is 0 Å². The molecule has 0 aliphatic carbocycles. The van der Waals surface area contributed by atoms with E-state index in [1.807, 2.05) is 6.92 Å². The van der Waals surface area contributed by atoms with Gasteiger partial charge in [-0.1, -0.05) is 11.6 Å². The highest BCUT2D eigenvalue weighted by Gasteiger charge is 2.33. The normalized spacial score (nSPS) is 22.2. The number of methoxy groups -OCH3 is 1. The van der Waals surface area contributed by atoms with Gasteiger partial charge in [-0.2, -0.15) is 4.98 Å². The maximum atomic E-state index is 11.7. The van der Waals surface area contributed by atoms with E-state index in [1.165, 1.54) is 7.11 Å². The first-order chi connectivity index (χ1) is 9.99. The summed E-state index contributed by atoms with van der Waals surface area (Å²) in [6.45, 7) is 2.52. The van der Waals surface area contributed by atoms with E-state index in [0.29, 0.717) is 13.2 Å². The number of hydrogen-bond acceptors (Lipinski definition) is 7. The largest absolute Gasteiger partial charge is 0.464 e. The smallest absolute Gasteiger partial charge is 0.358 e. The Morgan fingerprint density at radius 2 is 2.19 bits per heavy atom. The molecule has 1 aliphatic heterocycles. The summed E-state index contributed by atoms with van der Waals surface area (Å²) in [6, 6.07) is -0.424. The van der Waals surface area contributed by atoms with Crippen LogP contribution in [0.2, 0.25) is 10.3 Å². The van der Waals surface area contributed by atoms with Crippen molar-refractivity contribution in [2.45, 2.75) is 19.0 Å². The van der Waals surface area contributed by atoms with Crippen LogP contribution in [0.25, 0.3) is 0 Å². The Hall–Kier alpha value is -1.15. The summed E-state index contributed by atoms with van der Waals surface area (Å²) < 4.78 is 10.0. The quantitative estimate of drug-likeness (QED) is 0.655. The minimum atomic E-state index is -0.702. The van der Waals surface area contributed by atoms with Gasteiger partial charge in [-0.05, 0) is 18.5 Å². The number of rotatable bonds is 3. The average molecular weight is 336 g/mol. The number of esters is 1. The van der Waals surface area contributed by atoms with Crippen LogP contribution in [0, 0.1) is 0 Å². The predicted octanol–water partition coefficient (Wildman–Crippen LogP) is 1.16. The number of anilines is 1. The van der Waals surface area contributed by atoms with Crippen LogP contribution in [0.1, 0.15) is 17.4 Å². The standard InChI is InChI=1S/C12H15Cl2N3O4/c1-6-4-21-5-7(3-18)17(6)10-8(13)9(11(19)20-2)15-12(14)16-10/h6-7,18H,3-5H2,1-2H3. The van der Waals surface area contributed by atoms with Gasteiger partial charge in [0.15, 0.2) is 11.5 Å². The van der Waals surface area contributed by atoms with Crippen molar-refractivity contribution >= 4 is 35.0 Å². The first-order valence-corrected chi connectivity index (χ1v) is 7.03. The van der Waals surface area contributed by atoms with Crippen molar-refractivity contribution in [3.05, 3.63) is 16.0 Å². The van der Waals surface area contributed by atoms with E-state index in [1.54, 1.807) is 4.90 Å². The third kappa shape index (κ3) is 3.21. The third-order valence-corrected chi connectivity index (χ3v) is 3.70. The molecule has 1 aromatic heterocycles. The van der Waals surface area contributed by atoms with Gasteiger partial charge in [0.05, 0.1) is 39.0 Å². The molecular weight excluding hydrogens is 321 g/mol. The summed E-state index contributed by atoms with van der Waals surface area (Å²) in [5, 5.41) is 9.41. The molecule has 1 saturated heterocycles. The van der Waals surface area contributed by atoms with E-state index >= 15 is 0 Å². The summed E-state index contributed by atoms with van der Waals surface area (Å²) in [4.78, 5) is 21.4. The molecule has 0 amide bonds. The van der Waals surface area contributed by atoms with Crippen molar-refractivity contribution in [3.8, 4) is 0 Å². The zero-order valence-electron chi connectivity index (χ0n) is 11.5. The molecule has 2 heterocycles. The number of aliphatic hydroxyl groups excluding tert-OH is 1. The number of aromatic nitrogens is 2. The Morgan fingerprint density at radius 1 is 1.48 bits per heavy atom. The molecule has 2 atom stereocenters. The molecule has 1 fully saturated rings. The summed E-state index contributed by atoms with van der Waals surface area (Å²) in [6.07, 6.45) is 0. The van der Waals surface area contributed by atoms with Crippen LogP contribution in [-0.2, 0) is 9.47 Å². The number of morpholine rings is 1. The number of ether oxygens (including phenoxy) is 2. The highest BCUT2D eigenvalue weighted by atomic mass is 35.5. The van der Waals surface area contributed by atoms with Crippen LogP contribution >= 0.6 is 23.2 Å². The Morgan fingerprint density at radius 3 is 2.81 bits per heavy atom. The van der Waals surface area contributed by atoms with E-state index in [0.717, 1.165) is 0 Å². The van der Waals surface area contributed by atoms with Gasteiger partial charge in [0.1, 0.15) is 5.02 Å². The second-order valence-corrected chi connectivity index (χ2v) is 5.32. The fourth-order valence-corrected chi connectivity index (χ4v) is 2.65. The molecular formula is C12H15Cl2N3O4. The molecule has 2 rings (SSSR count). The summed E-state index contributed by atoms with van der Waals surface area (Å²) in [5.41, 5.74) is -0.107. The van der Waals surface area contributed by atoms with E-state index in [-0.39, 0.29) is 40.5 Å². The van der Waals surface area contributed by atoms with Gasteiger partial charge in [0.2, 0.25) is 5.28 Å². The molecule has 0 bridgehead atoms. The van der Waals surface area contributed by atoms with Gasteiger partial charge >= 0.3 is 5.97 Å². The maximum Gasteiger partial charge on any atom is 0.358 e. The summed E-state index contributed by atoms with van der Waals surface area (Å²) in [5.74, 6) is -0.418. The first-order valence-electron chi connectivity index (χ1n) is 6.27. The molecule has 1 N–H and O–H groups in total. The Bertz CT molecular complexity index is 543. The van der Waals surface area contributed by atoms with Crippen LogP contribution in [0.5, 0.6) is 0 Å². The molecule has 1 aliphatic rings. The lowest BCUT2D eigenvalue weighted by atomic mass is 10.1. The zero-order chi connectivity index (χ0) is 15.6. The lowest BCUT2D eigenvalue weighted by Crippen LogP contribution is -2.53. The molecule has 0 radical (unpaired) electrons. The number of carbonyl (C=O) groups is 1. The molecule has 21 heavy (non-hydrogen) atoms. The fourth-order valence-electron chi connectivity index (χ4n) is 2.23. The van der Waals surface area contributed by atoms with Crippen LogP contribution in [0.15, 0.2) is 0 Å². The molecule has 116 valence electrons. The summed E-state index contributed by atoms with van der Waals surface area (Å²) in [7, 11) is 1.22. The minimum absolute atomic E-state index is 0.0402. The molecule has 0 spiro atoms. The molecule has 9 heteroatoms. The highest BCUT2D eigenvalue weighted by molar-refractivity contribution is 6.36. The monoisotopic (exact) mass is 335 g/mol. The maximum absolute atomic E-state index is 11.7. The SMILES string of the molecule is COC(=O)c1nc(Cl)nc(N2C(C)COCC2CO)c1Cl. The molecule has 7 nitrogen and oxygen atoms in total. The predicted molar refractivity (Wildman–Crippen MR) is 77.0 cm³/mol. The van der Waals surface area contributed by atoms with Gasteiger partial charge in [-0.25, -0.2) is 9.78 Å². The van der Waals surface area contributed by atoms with E-state index in [2.05, 4.69) is 14.7 Å². The molecule has 2 unspecified atom stereocenters. The molecule has 1 aromatic rings. The van der Waals surface area contributed by atoms with Gasteiger partial charge < -0.3 is 19.5 Å². The minimum Gasteiger partial charge on any atom is -0.464 e. The third-order valence-electron chi connectivity index (χ3n) is 3.18. The molecule has 0 saturated carbocycles. The Labute approximate surface area is 131 Å². The van der Waals surface area contributed by atoms with Crippen LogP contribution in [0.3, 0.4) is 0 Å². The number of halogens is 2. The van der Waals surface area contributed by atoms with Crippen molar-refractivity contribution in [1.29, 1.82) is 0 Å². The van der Waals surface area contributed by atoms with E-state index < -0.39 is 5.97 Å². The first kappa shape index (κ1) is 16.2. The van der Waals surface area contributed by atoms with E-state index in [4.69, 9.17) is 27.9 Å². The summed E-state index contributed by atoms with van der Waals surface area (Å²) >= 11 is 12.1. The van der Waals surface area contributed by atoms with Crippen molar-refractivity contribution in [1.82, 2.24) is 9.97 Å². The van der Waals surface area contributed by atoms with Gasteiger partial charge in [0, 0.05) is 0 Å². The number of hydrogen-bond donors (Lipinski definition) is 1. The Balaban J connectivity index is 2.51. The number of carbonyl (C=O) groups excluding carboxylic acids is 1. The van der Waals surface area contributed by atoms with Crippen LogP contribution < -0.4 is 4.90 Å². The van der Waals surface area contributed by atoms with Crippen molar-refractivity contribution in [2.24, 2.45) is 0 Å². The van der Waals surface area contributed by atoms with Gasteiger partial charge in [-0.3, -0.25) is 0 Å². The van der Waals surface area contributed by atoms with Gasteiger partial charge in [-0.15, -0.1) is 0 Å². The van der Waals surface area contributed by atoms with Crippen molar-refractivity contribution < 1.29 is 19.4 Å². The number of nitrogens with zero attached hydrogens (tertiary/aromatic N) is 3. The lowest BCUT2D eigenvalue weighted by Gasteiger charge is -2.40. The topological polar surface area (TPSA) is 84.8 Å². The highest BCUT2D eigenvalue weighted by Crippen LogP contribution is 2.32. The van der Waals surface area contributed by atoms with E-state index in [9.17, 15) is 9.90 Å². The number of aliphatic hydroxyl groups is 1. The lowest BCUT2D eigenvalue weighted by molar-refractivity contribution is 0.0516. The zero-order valence-corrected chi connectivity index (χ0v) is 13.1. The van der Waals surface area contributed by atoms with Crippen molar-refractivity contribution in [2.75, 3.05) is 31.8 Å². The second kappa shape index (κ2) is 6.74. The molecule has 0 aromatic carbocycles. The van der Waals surface area contributed by atoms with Crippen molar-refractivity contribution in [3.63, 3.8) is 0 Å². The van der Waals surface area contributed by atoms with Crippen LogP contribution in [-0.4, -0.2) is 60.1 Å². The Kier molecular flexibility index (Phi) is 5.21. The fraction of sp³-hybridized carbons (Fsp3) is 0.583. The second-order valence-electron chi connectivity index (χ2n) is 4.60.